The van der Waals surface area contributed by atoms with Gasteiger partial charge in [0.05, 0.1) is 0 Å². The predicted molar refractivity (Wildman–Crippen MR) is 113 cm³/mol. The van der Waals surface area contributed by atoms with E-state index in [0.29, 0.717) is 0 Å². The molecule has 0 rings (SSSR count). The van der Waals surface area contributed by atoms with E-state index in [1.807, 2.05) is 0 Å². The molecule has 24 heavy (non-hydrogen) atoms. The summed E-state index contributed by atoms with van der Waals surface area (Å²) in [4.78, 5) is 0. The normalized spacial score (nSPS) is 14.3. The van der Waals surface area contributed by atoms with Crippen LogP contribution >= 0.6 is 0 Å². The second kappa shape index (κ2) is 19.1. The maximum Gasteiger partial charge on any atom is -0.0351 e. The molecule has 2 unspecified atom stereocenters. The fraction of sp³-hybridized carbons (Fsp3) is 0.917. The summed E-state index contributed by atoms with van der Waals surface area (Å²) >= 11 is 0. The molecule has 0 saturated heterocycles. The average molecular weight is 337 g/mol. The molecule has 0 aliphatic heterocycles. The van der Waals surface area contributed by atoms with Crippen LogP contribution in [-0.2, 0) is 0 Å². The van der Waals surface area contributed by atoms with Gasteiger partial charge in [-0.1, -0.05) is 123 Å². The van der Waals surface area contributed by atoms with Gasteiger partial charge in [0, 0.05) is 0 Å². The third-order valence-corrected chi connectivity index (χ3v) is 5.67. The van der Waals surface area contributed by atoms with Crippen molar-refractivity contribution in [3.63, 3.8) is 0 Å². The highest BCUT2D eigenvalue weighted by Gasteiger charge is 2.11. The van der Waals surface area contributed by atoms with E-state index in [4.69, 9.17) is 0 Å². The third-order valence-electron chi connectivity index (χ3n) is 5.67. The van der Waals surface area contributed by atoms with Gasteiger partial charge in [0.15, 0.2) is 0 Å². The summed E-state index contributed by atoms with van der Waals surface area (Å²) in [5.41, 5.74) is 0. The highest BCUT2D eigenvalue weighted by atomic mass is 14.2. The first-order valence-corrected chi connectivity index (χ1v) is 11.4. The van der Waals surface area contributed by atoms with Crippen LogP contribution < -0.4 is 0 Å². The minimum atomic E-state index is 0.930. The molecule has 2 atom stereocenters. The smallest absolute Gasteiger partial charge is 0.0351 e. The zero-order valence-electron chi connectivity index (χ0n) is 17.6. The molecule has 0 fully saturated rings. The van der Waals surface area contributed by atoms with Gasteiger partial charge in [-0.3, -0.25) is 0 Å². The number of allylic oxidation sites excluding steroid dienone is 2. The van der Waals surface area contributed by atoms with E-state index in [2.05, 4.69) is 39.8 Å². The predicted octanol–water partition coefficient (Wildman–Crippen LogP) is 9.10. The lowest BCUT2D eigenvalue weighted by Crippen LogP contribution is -2.08. The molecule has 0 heterocycles. The average Bonchev–Trinajstić information content (AvgIpc) is 2.59. The number of hydrogen-bond donors (Lipinski definition) is 0. The molecule has 0 aromatic rings. The Kier molecular flexibility index (Phi) is 18.9. The molecule has 0 aromatic carbocycles. The van der Waals surface area contributed by atoms with Crippen LogP contribution in [0.25, 0.3) is 0 Å². The van der Waals surface area contributed by atoms with Crippen molar-refractivity contribution in [3.05, 3.63) is 12.2 Å². The van der Waals surface area contributed by atoms with Crippen LogP contribution in [0.1, 0.15) is 130 Å². The molecular weight excluding hydrogens is 288 g/mol. The second-order valence-electron chi connectivity index (χ2n) is 8.09. The van der Waals surface area contributed by atoms with Crippen molar-refractivity contribution in [1.29, 1.82) is 0 Å². The summed E-state index contributed by atoms with van der Waals surface area (Å²) in [6.45, 7) is 9.49. The molecule has 0 spiro atoms. The molecule has 0 amide bonds. The number of rotatable bonds is 18. The van der Waals surface area contributed by atoms with Gasteiger partial charge in [0.2, 0.25) is 0 Å². The third kappa shape index (κ3) is 16.6. The first-order valence-electron chi connectivity index (χ1n) is 11.4. The molecular formula is C24H48. The lowest BCUT2D eigenvalue weighted by Gasteiger charge is -2.19. The quantitative estimate of drug-likeness (QED) is 0.173. The second-order valence-corrected chi connectivity index (χ2v) is 8.09. The first kappa shape index (κ1) is 23.7. The van der Waals surface area contributed by atoms with Crippen LogP contribution in [0, 0.1) is 11.8 Å². The first-order chi connectivity index (χ1) is 11.7. The van der Waals surface area contributed by atoms with E-state index >= 15 is 0 Å². The Morgan fingerprint density at radius 3 is 1.50 bits per heavy atom. The minimum absolute atomic E-state index is 0.930. The van der Waals surface area contributed by atoms with Crippen LogP contribution in [-0.4, -0.2) is 0 Å². The Balaban J connectivity index is 3.35. The van der Waals surface area contributed by atoms with Crippen molar-refractivity contribution in [2.45, 2.75) is 130 Å². The van der Waals surface area contributed by atoms with Crippen molar-refractivity contribution in [2.24, 2.45) is 11.8 Å². The van der Waals surface area contributed by atoms with E-state index in [-0.39, 0.29) is 0 Å². The minimum Gasteiger partial charge on any atom is -0.0888 e. The SMILES string of the molecule is CCC=CCCCCCCCCC(C)C(C)CCCCCCCC. The van der Waals surface area contributed by atoms with Crippen molar-refractivity contribution < 1.29 is 0 Å². The van der Waals surface area contributed by atoms with E-state index < -0.39 is 0 Å². The molecule has 0 radical (unpaired) electrons. The molecule has 144 valence electrons. The molecule has 0 N–H and O–H groups in total. The lowest BCUT2D eigenvalue weighted by atomic mass is 9.86. The van der Waals surface area contributed by atoms with Gasteiger partial charge in [-0.15, -0.1) is 0 Å². The summed E-state index contributed by atoms with van der Waals surface area (Å²) in [7, 11) is 0. The molecule has 0 aliphatic carbocycles. The molecule has 0 nitrogen and oxygen atoms in total. The summed E-state index contributed by atoms with van der Waals surface area (Å²) in [5, 5.41) is 0. The lowest BCUT2D eigenvalue weighted by molar-refractivity contribution is 0.322. The van der Waals surface area contributed by atoms with Gasteiger partial charge in [-0.2, -0.15) is 0 Å². The fourth-order valence-electron chi connectivity index (χ4n) is 3.54. The zero-order chi connectivity index (χ0) is 17.9. The van der Waals surface area contributed by atoms with Crippen molar-refractivity contribution in [2.75, 3.05) is 0 Å². The van der Waals surface area contributed by atoms with Crippen molar-refractivity contribution in [1.82, 2.24) is 0 Å². The summed E-state index contributed by atoms with van der Waals surface area (Å²) in [5.74, 6) is 1.86. The largest absolute Gasteiger partial charge is 0.0888 e. The van der Waals surface area contributed by atoms with Crippen molar-refractivity contribution in [3.8, 4) is 0 Å². The van der Waals surface area contributed by atoms with Crippen LogP contribution in [0.3, 0.4) is 0 Å². The van der Waals surface area contributed by atoms with E-state index in [1.54, 1.807) is 0 Å². The van der Waals surface area contributed by atoms with E-state index in [9.17, 15) is 0 Å². The molecule has 0 aliphatic rings. The standard InChI is InChI=1S/C24H48/c1-5-7-9-11-13-14-15-16-18-20-22-24(4)23(3)21-19-17-12-10-8-6-2/h7,9,23-24H,5-6,8,10-22H2,1-4H3. The molecule has 0 heteroatoms. The van der Waals surface area contributed by atoms with Crippen LogP contribution in [0.5, 0.6) is 0 Å². The van der Waals surface area contributed by atoms with Gasteiger partial charge in [0.25, 0.3) is 0 Å². The van der Waals surface area contributed by atoms with Gasteiger partial charge in [-0.05, 0) is 31.1 Å². The van der Waals surface area contributed by atoms with Crippen LogP contribution in [0.4, 0.5) is 0 Å². The topological polar surface area (TPSA) is 0 Å². The molecule has 0 bridgehead atoms. The Morgan fingerprint density at radius 1 is 0.542 bits per heavy atom. The maximum atomic E-state index is 2.49. The highest BCUT2D eigenvalue weighted by molar-refractivity contribution is 4.79. The van der Waals surface area contributed by atoms with Crippen molar-refractivity contribution >= 4 is 0 Å². The Labute approximate surface area is 154 Å². The van der Waals surface area contributed by atoms with E-state index in [0.717, 1.165) is 11.8 Å². The van der Waals surface area contributed by atoms with E-state index in [1.165, 1.54) is 103 Å². The van der Waals surface area contributed by atoms with Gasteiger partial charge < -0.3 is 0 Å². The summed E-state index contributed by atoms with van der Waals surface area (Å²) in [6.07, 6.45) is 27.3. The number of hydrogen-bond acceptors (Lipinski definition) is 0. The maximum absolute atomic E-state index is 2.49. The Bertz CT molecular complexity index is 253. The van der Waals surface area contributed by atoms with Gasteiger partial charge >= 0.3 is 0 Å². The van der Waals surface area contributed by atoms with Gasteiger partial charge in [0.1, 0.15) is 0 Å². The Hall–Kier alpha value is -0.260. The molecule has 0 saturated carbocycles. The zero-order valence-corrected chi connectivity index (χ0v) is 17.6. The highest BCUT2D eigenvalue weighted by Crippen LogP contribution is 2.24. The fourth-order valence-corrected chi connectivity index (χ4v) is 3.54. The van der Waals surface area contributed by atoms with Crippen LogP contribution in [0.2, 0.25) is 0 Å². The number of unbranched alkanes of at least 4 members (excludes halogenated alkanes) is 11. The monoisotopic (exact) mass is 336 g/mol. The summed E-state index contributed by atoms with van der Waals surface area (Å²) in [6, 6.07) is 0. The van der Waals surface area contributed by atoms with Gasteiger partial charge in [-0.25, -0.2) is 0 Å². The molecule has 0 aromatic heterocycles. The Morgan fingerprint density at radius 2 is 1.00 bits per heavy atom. The van der Waals surface area contributed by atoms with Crippen LogP contribution in [0.15, 0.2) is 12.2 Å². The summed E-state index contributed by atoms with van der Waals surface area (Å²) < 4.78 is 0.